The molecule has 0 amide bonds. The van der Waals surface area contributed by atoms with Gasteiger partial charge in [0.2, 0.25) is 5.60 Å². The fourth-order valence-corrected chi connectivity index (χ4v) is 6.58. The molecule has 196 valence electrons. The van der Waals surface area contributed by atoms with E-state index < -0.39 is 42.3 Å². The van der Waals surface area contributed by atoms with Gasteiger partial charge in [-0.1, -0.05) is 48.3 Å². The SMILES string of the molecule is CC(=O)[C@H](C)CP(=O)(OC[C@H]1O[C@@](C#N)(c2ccc3c(N)ncnn23)C(Cl)(Cl)[C@H]1O)Oc1ccccc1. The molecule has 0 saturated carbocycles. The number of halogens is 2. The summed E-state index contributed by atoms with van der Waals surface area (Å²) in [6.45, 7) is 2.46. The Morgan fingerprint density at radius 1 is 1.35 bits per heavy atom. The van der Waals surface area contributed by atoms with Crippen molar-refractivity contribution in [2.75, 3.05) is 18.5 Å². The minimum atomic E-state index is -3.95. The number of alkyl halides is 2. The zero-order valence-electron chi connectivity index (χ0n) is 19.8. The van der Waals surface area contributed by atoms with E-state index in [1.165, 1.54) is 23.8 Å². The average Bonchev–Trinajstić information content (AvgIpc) is 3.37. The lowest BCUT2D eigenvalue weighted by molar-refractivity contribution is -0.119. The monoisotopic (exact) mass is 567 g/mol. The van der Waals surface area contributed by atoms with Crippen molar-refractivity contribution >= 4 is 47.9 Å². The van der Waals surface area contributed by atoms with Crippen LogP contribution in [0, 0.1) is 17.2 Å². The minimum Gasteiger partial charge on any atom is -0.424 e. The number of aliphatic hydroxyl groups is 1. The number of ether oxygens (including phenoxy) is 1. The van der Waals surface area contributed by atoms with Gasteiger partial charge in [-0.2, -0.15) is 10.4 Å². The minimum absolute atomic E-state index is 0.0968. The van der Waals surface area contributed by atoms with Gasteiger partial charge in [-0.15, -0.1) is 0 Å². The normalized spacial score (nSPS) is 25.3. The lowest BCUT2D eigenvalue weighted by atomic mass is 9.94. The molecule has 1 fully saturated rings. The molecule has 1 aliphatic rings. The molecule has 14 heteroatoms. The first-order valence-corrected chi connectivity index (χ1v) is 13.6. The van der Waals surface area contributed by atoms with Crippen molar-refractivity contribution in [3.63, 3.8) is 0 Å². The molecule has 0 aliphatic carbocycles. The van der Waals surface area contributed by atoms with Gasteiger partial charge in [-0.3, -0.25) is 9.32 Å². The van der Waals surface area contributed by atoms with Gasteiger partial charge in [-0.05, 0) is 31.2 Å². The topological polar surface area (TPSA) is 162 Å². The summed E-state index contributed by atoms with van der Waals surface area (Å²) in [5, 5.41) is 25.3. The number of Topliss-reactive ketones (excluding diaryl/α,β-unsaturated/α-hetero) is 1. The van der Waals surface area contributed by atoms with Crippen LogP contribution in [0.2, 0.25) is 0 Å². The van der Waals surface area contributed by atoms with E-state index in [-0.39, 0.29) is 29.2 Å². The summed E-state index contributed by atoms with van der Waals surface area (Å²) in [5.41, 5.74) is 4.24. The van der Waals surface area contributed by atoms with Crippen LogP contribution < -0.4 is 10.3 Å². The second kappa shape index (κ2) is 10.2. The molecule has 0 radical (unpaired) electrons. The summed E-state index contributed by atoms with van der Waals surface area (Å²) in [5.74, 6) is -0.439. The number of carbonyl (C=O) groups is 1. The summed E-state index contributed by atoms with van der Waals surface area (Å²) >= 11 is 13.1. The smallest absolute Gasteiger partial charge is 0.379 e. The summed E-state index contributed by atoms with van der Waals surface area (Å²) in [6.07, 6.45) is -2.01. The van der Waals surface area contributed by atoms with E-state index in [0.29, 0.717) is 5.52 Å². The Kier molecular flexibility index (Phi) is 7.55. The van der Waals surface area contributed by atoms with Crippen LogP contribution in [0.4, 0.5) is 5.82 Å². The Morgan fingerprint density at radius 3 is 2.70 bits per heavy atom. The van der Waals surface area contributed by atoms with E-state index in [1.54, 1.807) is 43.3 Å². The lowest BCUT2D eigenvalue weighted by Gasteiger charge is -2.30. The van der Waals surface area contributed by atoms with Crippen molar-refractivity contribution in [2.45, 2.75) is 36.0 Å². The van der Waals surface area contributed by atoms with Crippen molar-refractivity contribution in [3.8, 4) is 11.8 Å². The first kappa shape index (κ1) is 27.3. The first-order chi connectivity index (χ1) is 17.4. The van der Waals surface area contributed by atoms with Gasteiger partial charge < -0.3 is 20.1 Å². The summed E-state index contributed by atoms with van der Waals surface area (Å²) in [4.78, 5) is 15.8. The number of benzene rings is 1. The largest absolute Gasteiger partial charge is 0.424 e. The quantitative estimate of drug-likeness (QED) is 0.289. The number of nitrogens with two attached hydrogens (primary N) is 1. The van der Waals surface area contributed by atoms with Gasteiger partial charge in [0.1, 0.15) is 41.7 Å². The molecule has 0 spiro atoms. The fourth-order valence-electron chi connectivity index (χ4n) is 3.95. The van der Waals surface area contributed by atoms with E-state index in [2.05, 4.69) is 10.1 Å². The van der Waals surface area contributed by atoms with Crippen LogP contribution in [-0.4, -0.2) is 54.8 Å². The van der Waals surface area contributed by atoms with E-state index >= 15 is 0 Å². The average molecular weight is 568 g/mol. The zero-order valence-corrected chi connectivity index (χ0v) is 22.2. The van der Waals surface area contributed by atoms with E-state index in [9.17, 15) is 19.7 Å². The van der Waals surface area contributed by atoms with E-state index in [1.807, 2.05) is 6.07 Å². The molecule has 0 bridgehead atoms. The second-order valence-corrected chi connectivity index (χ2v) is 12.1. The van der Waals surface area contributed by atoms with E-state index in [4.69, 9.17) is 42.7 Å². The fraction of sp³-hybridized carbons (Fsp3) is 0.391. The van der Waals surface area contributed by atoms with Crippen LogP contribution in [0.3, 0.4) is 0 Å². The molecule has 1 aliphatic heterocycles. The maximum absolute atomic E-state index is 13.7. The molecular weight excluding hydrogens is 544 g/mol. The number of nitriles is 1. The molecular formula is C23H24Cl2N5O6P. The van der Waals surface area contributed by atoms with Crippen molar-refractivity contribution in [2.24, 2.45) is 5.92 Å². The second-order valence-electron chi connectivity index (χ2n) is 8.68. The third-order valence-corrected chi connectivity index (χ3v) is 9.14. The standard InChI is InChI=1S/C23H24Cl2N5O6P/c1-14(15(2)31)11-37(33,36-16-6-4-3-5-7-16)34-10-18-20(32)23(24,25)22(12-26,35-18)19-9-8-17-21(27)28-13-29-30(17)19/h3-9,13-14,18,20,32H,10-11H2,1-2H3,(H2,27,28,29)/t14-,18-,20+,22+,37?/m1/s1. The molecule has 3 heterocycles. The summed E-state index contributed by atoms with van der Waals surface area (Å²) in [6, 6.07) is 13.3. The highest BCUT2D eigenvalue weighted by molar-refractivity contribution is 7.54. The maximum atomic E-state index is 13.7. The lowest BCUT2D eigenvalue weighted by Crippen LogP contribution is -2.45. The number of aliphatic hydroxyl groups excluding tert-OH is 1. The van der Waals surface area contributed by atoms with Crippen LogP contribution in [-0.2, 0) is 24.2 Å². The number of nitrogens with zero attached hydrogens (tertiary/aromatic N) is 4. The summed E-state index contributed by atoms with van der Waals surface area (Å²) in [7, 11) is -3.95. The molecule has 2 aromatic heterocycles. The molecule has 1 unspecified atom stereocenters. The molecule has 3 N–H and O–H groups in total. The van der Waals surface area contributed by atoms with Crippen LogP contribution in [0.5, 0.6) is 5.75 Å². The number of fused-ring (bicyclic) bond motifs is 1. The molecule has 11 nitrogen and oxygen atoms in total. The first-order valence-electron chi connectivity index (χ1n) is 11.2. The van der Waals surface area contributed by atoms with Crippen LogP contribution in [0.15, 0.2) is 48.8 Å². The molecule has 4 rings (SSSR count). The van der Waals surface area contributed by atoms with Crippen LogP contribution in [0.1, 0.15) is 19.5 Å². The number of rotatable bonds is 9. The Morgan fingerprint density at radius 2 is 2.05 bits per heavy atom. The van der Waals surface area contributed by atoms with Gasteiger partial charge in [0, 0.05) is 5.92 Å². The highest BCUT2D eigenvalue weighted by Gasteiger charge is 2.67. The van der Waals surface area contributed by atoms with Crippen LogP contribution >= 0.6 is 30.8 Å². The van der Waals surface area contributed by atoms with Gasteiger partial charge in [-0.25, -0.2) is 14.1 Å². The van der Waals surface area contributed by atoms with Gasteiger partial charge in [0.15, 0.2) is 10.2 Å². The maximum Gasteiger partial charge on any atom is 0.379 e. The molecule has 1 saturated heterocycles. The van der Waals surface area contributed by atoms with Gasteiger partial charge >= 0.3 is 7.60 Å². The Labute approximate surface area is 222 Å². The number of anilines is 1. The highest BCUT2D eigenvalue weighted by Crippen LogP contribution is 2.56. The number of para-hydroxylation sites is 1. The van der Waals surface area contributed by atoms with Crippen molar-refractivity contribution in [1.29, 1.82) is 5.26 Å². The summed E-state index contributed by atoms with van der Waals surface area (Å²) < 4.78 is 30.1. The van der Waals surface area contributed by atoms with Crippen molar-refractivity contribution in [1.82, 2.24) is 14.6 Å². The van der Waals surface area contributed by atoms with Crippen molar-refractivity contribution in [3.05, 3.63) is 54.5 Å². The van der Waals surface area contributed by atoms with Crippen molar-refractivity contribution < 1.29 is 28.3 Å². The Hall–Kier alpha value is -2.71. The highest BCUT2D eigenvalue weighted by atomic mass is 35.5. The predicted octanol–water partition coefficient (Wildman–Crippen LogP) is 3.48. The third-order valence-electron chi connectivity index (χ3n) is 6.14. The number of carbonyl (C=O) groups excluding carboxylic acids is 1. The Balaban J connectivity index is 1.64. The molecule has 3 aromatic rings. The molecule has 5 atom stereocenters. The Bertz CT molecular complexity index is 1400. The zero-order chi connectivity index (χ0) is 27.0. The van der Waals surface area contributed by atoms with Crippen LogP contribution in [0.25, 0.3) is 5.52 Å². The van der Waals surface area contributed by atoms with Gasteiger partial charge in [0.25, 0.3) is 0 Å². The number of ketones is 1. The van der Waals surface area contributed by atoms with Gasteiger partial charge in [0.05, 0.1) is 18.5 Å². The molecule has 1 aromatic carbocycles. The third kappa shape index (κ3) is 4.93. The predicted molar refractivity (Wildman–Crippen MR) is 135 cm³/mol. The number of hydrogen-bond donors (Lipinski definition) is 2. The number of aromatic nitrogens is 3. The number of hydrogen-bond acceptors (Lipinski definition) is 10. The molecule has 37 heavy (non-hydrogen) atoms. The number of nitrogen functional groups attached to an aromatic ring is 1. The van der Waals surface area contributed by atoms with E-state index in [0.717, 1.165) is 0 Å².